The average Bonchev–Trinajstić information content (AvgIpc) is 3.28. The van der Waals surface area contributed by atoms with Crippen molar-refractivity contribution in [1.29, 1.82) is 0 Å². The van der Waals surface area contributed by atoms with Crippen LogP contribution in [0, 0.1) is 10.1 Å². The summed E-state index contributed by atoms with van der Waals surface area (Å²) in [6.07, 6.45) is 1.62. The van der Waals surface area contributed by atoms with Crippen molar-refractivity contribution in [3.05, 3.63) is 87.1 Å². The highest BCUT2D eigenvalue weighted by Gasteiger charge is 2.29. The van der Waals surface area contributed by atoms with Gasteiger partial charge in [0.05, 0.1) is 26.9 Å². The number of nitrogens with zero attached hydrogens (tertiary/aromatic N) is 3. The molecule has 1 amide bonds. The van der Waals surface area contributed by atoms with Crippen LogP contribution in [0.15, 0.2) is 75.8 Å². The van der Waals surface area contributed by atoms with Gasteiger partial charge in [-0.3, -0.25) is 14.9 Å². The Morgan fingerprint density at radius 3 is 2.59 bits per heavy atom. The molecular formula is C21H14ClN3O4. The van der Waals surface area contributed by atoms with E-state index in [0.29, 0.717) is 34.1 Å². The number of halogens is 1. The van der Waals surface area contributed by atoms with E-state index < -0.39 is 4.92 Å². The summed E-state index contributed by atoms with van der Waals surface area (Å²) >= 11 is 6.16. The smallest absolute Gasteiger partial charge is 0.280 e. The second-order valence-corrected chi connectivity index (χ2v) is 6.73. The summed E-state index contributed by atoms with van der Waals surface area (Å²) in [5, 5.41) is 16.7. The van der Waals surface area contributed by atoms with E-state index in [1.165, 1.54) is 23.2 Å². The molecule has 0 unspecified atom stereocenters. The lowest BCUT2D eigenvalue weighted by atomic mass is 10.1. The number of nitro groups is 1. The van der Waals surface area contributed by atoms with Crippen molar-refractivity contribution in [2.45, 2.75) is 6.92 Å². The van der Waals surface area contributed by atoms with E-state index in [2.05, 4.69) is 5.10 Å². The Labute approximate surface area is 170 Å². The summed E-state index contributed by atoms with van der Waals surface area (Å²) in [7, 11) is 0. The topological polar surface area (TPSA) is 89.0 Å². The van der Waals surface area contributed by atoms with Gasteiger partial charge in [-0.15, -0.1) is 0 Å². The summed E-state index contributed by atoms with van der Waals surface area (Å²) in [5.41, 5.74) is 2.10. The van der Waals surface area contributed by atoms with Crippen LogP contribution >= 0.6 is 11.6 Å². The van der Waals surface area contributed by atoms with Crippen molar-refractivity contribution in [2.24, 2.45) is 5.10 Å². The van der Waals surface area contributed by atoms with Crippen molar-refractivity contribution in [1.82, 2.24) is 0 Å². The number of rotatable bonds is 4. The molecule has 8 heteroatoms. The molecule has 0 bridgehead atoms. The maximum Gasteiger partial charge on any atom is 0.280 e. The zero-order valence-corrected chi connectivity index (χ0v) is 16.0. The molecule has 0 atom stereocenters. The SMILES string of the molecule is CC1=NN(c2ccccc2)C(=O)/C1=C\c1ccc(-c2ccc([N+](=O)[O-])cc2Cl)o1. The third-order valence-electron chi connectivity index (χ3n) is 4.41. The number of furan rings is 1. The van der Waals surface area contributed by atoms with Crippen molar-refractivity contribution in [3.63, 3.8) is 0 Å². The zero-order valence-electron chi connectivity index (χ0n) is 15.2. The van der Waals surface area contributed by atoms with Gasteiger partial charge >= 0.3 is 0 Å². The van der Waals surface area contributed by atoms with E-state index in [-0.39, 0.29) is 16.6 Å². The molecule has 2 heterocycles. The summed E-state index contributed by atoms with van der Waals surface area (Å²) in [6, 6.07) is 16.7. The van der Waals surface area contributed by atoms with Crippen LogP contribution in [0.5, 0.6) is 0 Å². The molecule has 0 aliphatic carbocycles. The Hall–Kier alpha value is -3.71. The molecule has 0 saturated heterocycles. The van der Waals surface area contributed by atoms with Gasteiger partial charge in [-0.05, 0) is 43.3 Å². The molecule has 29 heavy (non-hydrogen) atoms. The third kappa shape index (κ3) is 3.55. The maximum atomic E-state index is 12.8. The van der Waals surface area contributed by atoms with Crippen LogP contribution in [0.2, 0.25) is 5.02 Å². The lowest BCUT2D eigenvalue weighted by Crippen LogP contribution is -2.21. The van der Waals surface area contributed by atoms with Gasteiger partial charge in [0.2, 0.25) is 0 Å². The Bertz CT molecular complexity index is 1180. The van der Waals surface area contributed by atoms with Crippen LogP contribution in [-0.4, -0.2) is 16.5 Å². The lowest BCUT2D eigenvalue weighted by Gasteiger charge is -2.10. The lowest BCUT2D eigenvalue weighted by molar-refractivity contribution is -0.384. The van der Waals surface area contributed by atoms with Crippen LogP contribution in [0.4, 0.5) is 11.4 Å². The largest absolute Gasteiger partial charge is 0.457 e. The minimum Gasteiger partial charge on any atom is -0.457 e. The number of non-ortho nitro benzene ring substituents is 1. The molecule has 1 aromatic heterocycles. The summed E-state index contributed by atoms with van der Waals surface area (Å²) in [4.78, 5) is 23.1. The van der Waals surface area contributed by atoms with Gasteiger partial charge in [-0.1, -0.05) is 29.8 Å². The average molecular weight is 408 g/mol. The second kappa shape index (κ2) is 7.37. The number of para-hydroxylation sites is 1. The van der Waals surface area contributed by atoms with Gasteiger partial charge in [0.25, 0.3) is 11.6 Å². The van der Waals surface area contributed by atoms with E-state index in [1.54, 1.807) is 37.3 Å². The van der Waals surface area contributed by atoms with Crippen LogP contribution in [-0.2, 0) is 4.79 Å². The maximum absolute atomic E-state index is 12.8. The van der Waals surface area contributed by atoms with Crippen LogP contribution in [0.1, 0.15) is 12.7 Å². The fraction of sp³-hybridized carbons (Fsp3) is 0.0476. The monoisotopic (exact) mass is 407 g/mol. The number of hydrazone groups is 1. The first kappa shape index (κ1) is 18.6. The van der Waals surface area contributed by atoms with Crippen molar-refractivity contribution < 1.29 is 14.1 Å². The predicted molar refractivity (Wildman–Crippen MR) is 111 cm³/mol. The molecule has 0 spiro atoms. The first-order valence-corrected chi connectivity index (χ1v) is 9.03. The molecule has 1 aliphatic rings. The fourth-order valence-corrected chi connectivity index (χ4v) is 3.23. The molecule has 2 aromatic carbocycles. The molecule has 0 fully saturated rings. The quantitative estimate of drug-likeness (QED) is 0.333. The van der Waals surface area contributed by atoms with Gasteiger partial charge < -0.3 is 4.42 Å². The fourth-order valence-electron chi connectivity index (χ4n) is 2.96. The molecule has 7 nitrogen and oxygen atoms in total. The number of amides is 1. The highest BCUT2D eigenvalue weighted by Crippen LogP contribution is 2.33. The second-order valence-electron chi connectivity index (χ2n) is 6.32. The number of hydrogen-bond acceptors (Lipinski definition) is 5. The minimum absolute atomic E-state index is 0.1000. The number of hydrogen-bond donors (Lipinski definition) is 0. The van der Waals surface area contributed by atoms with Gasteiger partial charge in [-0.2, -0.15) is 10.1 Å². The minimum atomic E-state index is -0.514. The van der Waals surface area contributed by atoms with Crippen LogP contribution in [0.3, 0.4) is 0 Å². The van der Waals surface area contributed by atoms with E-state index in [9.17, 15) is 14.9 Å². The highest BCUT2D eigenvalue weighted by atomic mass is 35.5. The van der Waals surface area contributed by atoms with Gasteiger partial charge in [0.15, 0.2) is 0 Å². The number of carbonyl (C=O) groups is 1. The van der Waals surface area contributed by atoms with Crippen LogP contribution < -0.4 is 5.01 Å². The van der Waals surface area contributed by atoms with E-state index in [4.69, 9.17) is 16.0 Å². The van der Waals surface area contributed by atoms with E-state index in [0.717, 1.165) is 0 Å². The predicted octanol–water partition coefficient (Wildman–Crippen LogP) is 5.31. The van der Waals surface area contributed by atoms with Crippen molar-refractivity contribution >= 4 is 40.7 Å². The van der Waals surface area contributed by atoms with Gasteiger partial charge in [0, 0.05) is 17.7 Å². The number of carbonyl (C=O) groups excluding carboxylic acids is 1. The molecule has 3 aromatic rings. The highest BCUT2D eigenvalue weighted by molar-refractivity contribution is 6.33. The van der Waals surface area contributed by atoms with Crippen molar-refractivity contribution in [2.75, 3.05) is 5.01 Å². The molecule has 0 N–H and O–H groups in total. The first-order chi connectivity index (χ1) is 13.9. The molecule has 0 radical (unpaired) electrons. The number of nitro benzene ring substituents is 1. The zero-order chi connectivity index (χ0) is 20.5. The summed E-state index contributed by atoms with van der Waals surface area (Å²) in [6.45, 7) is 1.75. The Balaban J connectivity index is 1.62. The van der Waals surface area contributed by atoms with Gasteiger partial charge in [-0.25, -0.2) is 0 Å². The van der Waals surface area contributed by atoms with Gasteiger partial charge in [0.1, 0.15) is 11.5 Å². The molecule has 144 valence electrons. The molecular weight excluding hydrogens is 394 g/mol. The first-order valence-electron chi connectivity index (χ1n) is 8.65. The standard InChI is InChI=1S/C21H14ClN3O4/c1-13-18(21(26)24(23-13)14-5-3-2-4-6-14)12-16-8-10-20(29-16)17-9-7-15(25(27)28)11-19(17)22/h2-12H,1H3/b18-12-. The van der Waals surface area contributed by atoms with E-state index in [1.807, 2.05) is 18.2 Å². The molecule has 4 rings (SSSR count). The molecule has 0 saturated carbocycles. The summed E-state index contributed by atoms with van der Waals surface area (Å²) < 4.78 is 5.79. The Morgan fingerprint density at radius 1 is 1.14 bits per heavy atom. The third-order valence-corrected chi connectivity index (χ3v) is 4.72. The normalized spacial score (nSPS) is 15.1. The van der Waals surface area contributed by atoms with Crippen LogP contribution in [0.25, 0.3) is 17.4 Å². The Kier molecular flexibility index (Phi) is 4.74. The number of benzene rings is 2. The Morgan fingerprint density at radius 2 is 1.90 bits per heavy atom. The van der Waals surface area contributed by atoms with E-state index >= 15 is 0 Å². The number of anilines is 1. The van der Waals surface area contributed by atoms with Crippen molar-refractivity contribution in [3.8, 4) is 11.3 Å². The summed E-state index contributed by atoms with van der Waals surface area (Å²) in [5.74, 6) is 0.638. The molecule has 1 aliphatic heterocycles.